The van der Waals surface area contributed by atoms with Crippen molar-refractivity contribution in [3.05, 3.63) is 164 Å². The van der Waals surface area contributed by atoms with Crippen molar-refractivity contribution in [2.75, 3.05) is 4.90 Å². The molecule has 1 N–H and O–H groups in total. The van der Waals surface area contributed by atoms with Crippen LogP contribution in [0.2, 0.25) is 0 Å². The third-order valence-electron chi connectivity index (χ3n) is 8.20. The van der Waals surface area contributed by atoms with E-state index in [0.717, 1.165) is 28.1 Å². The molecule has 0 aliphatic carbocycles. The maximum absolute atomic E-state index is 3.81. The number of fused-ring (bicyclic) bond motifs is 4. The zero-order valence-electron chi connectivity index (χ0n) is 23.0. The van der Waals surface area contributed by atoms with Crippen LogP contribution in [0.5, 0.6) is 0 Å². The Labute approximate surface area is 245 Å². The number of H-pyrrole nitrogens is 1. The van der Waals surface area contributed by atoms with Gasteiger partial charge in [-0.1, -0.05) is 133 Å². The summed E-state index contributed by atoms with van der Waals surface area (Å²) in [6.45, 7) is 0. The Hall–Kier alpha value is -5.60. The van der Waals surface area contributed by atoms with Crippen molar-refractivity contribution in [1.29, 1.82) is 0 Å². The van der Waals surface area contributed by atoms with E-state index >= 15 is 0 Å². The first-order valence-electron chi connectivity index (χ1n) is 14.4. The SMILES string of the molecule is c1ccc(-c2ccc3c([nH]c4ccccc43)c2-c2ccccc2N(c2ccccc2)c2cccc3ccccc23)cc1. The number of aromatic amines is 1. The van der Waals surface area contributed by atoms with Crippen molar-refractivity contribution in [3.8, 4) is 22.3 Å². The van der Waals surface area contributed by atoms with Crippen LogP contribution in [0.3, 0.4) is 0 Å². The second-order valence-corrected chi connectivity index (χ2v) is 10.6. The number of rotatable bonds is 5. The van der Waals surface area contributed by atoms with Gasteiger partial charge in [-0.05, 0) is 46.8 Å². The summed E-state index contributed by atoms with van der Waals surface area (Å²) < 4.78 is 0. The third-order valence-corrected chi connectivity index (χ3v) is 8.20. The zero-order chi connectivity index (χ0) is 27.9. The van der Waals surface area contributed by atoms with Gasteiger partial charge < -0.3 is 9.88 Å². The quantitative estimate of drug-likeness (QED) is 0.232. The molecule has 0 unspecified atom stereocenters. The van der Waals surface area contributed by atoms with Crippen molar-refractivity contribution in [3.63, 3.8) is 0 Å². The van der Waals surface area contributed by atoms with Crippen LogP contribution in [0.25, 0.3) is 54.8 Å². The summed E-state index contributed by atoms with van der Waals surface area (Å²) in [5.74, 6) is 0. The topological polar surface area (TPSA) is 19.0 Å². The van der Waals surface area contributed by atoms with E-state index in [1.807, 2.05) is 0 Å². The molecule has 2 heteroatoms. The molecule has 198 valence electrons. The third kappa shape index (κ3) is 3.96. The molecule has 1 aromatic heterocycles. The highest BCUT2D eigenvalue weighted by Gasteiger charge is 2.23. The molecular formula is C40H28N2. The highest BCUT2D eigenvalue weighted by Crippen LogP contribution is 2.47. The standard InChI is InChI=1S/C40H28N2/c1-3-14-29(15-4-1)32-26-27-34-33-21-9-11-23-36(33)41-40(34)39(32)35-22-10-12-24-38(35)42(30-18-5-2-6-19-30)37-25-13-17-28-16-7-8-20-31(28)37/h1-27,41H. The summed E-state index contributed by atoms with van der Waals surface area (Å²) in [5, 5.41) is 4.90. The summed E-state index contributed by atoms with van der Waals surface area (Å²) in [6, 6.07) is 58.6. The Morgan fingerprint density at radius 3 is 1.90 bits per heavy atom. The molecule has 2 nitrogen and oxygen atoms in total. The van der Waals surface area contributed by atoms with E-state index < -0.39 is 0 Å². The minimum atomic E-state index is 1.12. The lowest BCUT2D eigenvalue weighted by Crippen LogP contribution is -2.11. The van der Waals surface area contributed by atoms with Gasteiger partial charge >= 0.3 is 0 Å². The van der Waals surface area contributed by atoms with Gasteiger partial charge in [0.05, 0.1) is 16.9 Å². The van der Waals surface area contributed by atoms with Gasteiger partial charge in [0.15, 0.2) is 0 Å². The molecular weight excluding hydrogens is 508 g/mol. The molecule has 0 aliphatic heterocycles. The van der Waals surface area contributed by atoms with E-state index in [0.29, 0.717) is 0 Å². The minimum Gasteiger partial charge on any atom is -0.354 e. The van der Waals surface area contributed by atoms with E-state index in [2.05, 4.69) is 174 Å². The fraction of sp³-hybridized carbons (Fsp3) is 0. The lowest BCUT2D eigenvalue weighted by Gasteiger charge is -2.29. The summed E-state index contributed by atoms with van der Waals surface area (Å²) in [5.41, 5.74) is 10.5. The first kappa shape index (κ1) is 24.2. The molecule has 0 aliphatic rings. The summed E-state index contributed by atoms with van der Waals surface area (Å²) in [4.78, 5) is 6.22. The molecule has 0 bridgehead atoms. The molecule has 42 heavy (non-hydrogen) atoms. The van der Waals surface area contributed by atoms with Crippen molar-refractivity contribution < 1.29 is 0 Å². The van der Waals surface area contributed by atoms with Crippen LogP contribution in [0.4, 0.5) is 17.1 Å². The van der Waals surface area contributed by atoms with Gasteiger partial charge in [0, 0.05) is 38.5 Å². The van der Waals surface area contributed by atoms with Gasteiger partial charge in [-0.2, -0.15) is 0 Å². The first-order valence-corrected chi connectivity index (χ1v) is 14.4. The predicted octanol–water partition coefficient (Wildman–Crippen LogP) is 11.3. The largest absolute Gasteiger partial charge is 0.354 e. The molecule has 0 fully saturated rings. The number of anilines is 3. The first-order chi connectivity index (χ1) is 20.9. The van der Waals surface area contributed by atoms with Gasteiger partial charge in [0.1, 0.15) is 0 Å². The number of hydrogen-bond acceptors (Lipinski definition) is 1. The average Bonchev–Trinajstić information content (AvgIpc) is 3.45. The number of hydrogen-bond donors (Lipinski definition) is 1. The highest BCUT2D eigenvalue weighted by molar-refractivity contribution is 6.16. The van der Waals surface area contributed by atoms with Crippen molar-refractivity contribution >= 4 is 49.6 Å². The molecule has 8 rings (SSSR count). The van der Waals surface area contributed by atoms with E-state index in [-0.39, 0.29) is 0 Å². The van der Waals surface area contributed by atoms with Crippen LogP contribution in [0, 0.1) is 0 Å². The lowest BCUT2D eigenvalue weighted by atomic mass is 9.90. The number of para-hydroxylation sites is 3. The van der Waals surface area contributed by atoms with E-state index in [1.165, 1.54) is 43.8 Å². The molecule has 1 heterocycles. The van der Waals surface area contributed by atoms with Crippen LogP contribution in [0.15, 0.2) is 164 Å². The Morgan fingerprint density at radius 1 is 0.405 bits per heavy atom. The van der Waals surface area contributed by atoms with Gasteiger partial charge in [0.25, 0.3) is 0 Å². The summed E-state index contributed by atoms with van der Waals surface area (Å²) in [6.07, 6.45) is 0. The Bertz CT molecular complexity index is 2190. The predicted molar refractivity (Wildman–Crippen MR) is 179 cm³/mol. The monoisotopic (exact) mass is 536 g/mol. The van der Waals surface area contributed by atoms with E-state index in [1.54, 1.807) is 0 Å². The Balaban J connectivity index is 1.48. The molecule has 0 amide bonds. The lowest BCUT2D eigenvalue weighted by molar-refractivity contribution is 1.30. The van der Waals surface area contributed by atoms with Gasteiger partial charge in [-0.25, -0.2) is 0 Å². The maximum atomic E-state index is 3.81. The number of nitrogens with zero attached hydrogens (tertiary/aromatic N) is 1. The molecule has 7 aromatic carbocycles. The molecule has 0 radical (unpaired) electrons. The van der Waals surface area contributed by atoms with Crippen LogP contribution in [0.1, 0.15) is 0 Å². The molecule has 0 saturated heterocycles. The fourth-order valence-corrected chi connectivity index (χ4v) is 6.32. The highest BCUT2D eigenvalue weighted by atomic mass is 15.1. The van der Waals surface area contributed by atoms with E-state index in [4.69, 9.17) is 0 Å². The molecule has 0 spiro atoms. The smallest absolute Gasteiger partial charge is 0.0551 e. The Morgan fingerprint density at radius 2 is 1.05 bits per heavy atom. The van der Waals surface area contributed by atoms with Crippen LogP contribution in [-0.4, -0.2) is 4.98 Å². The number of aromatic nitrogens is 1. The normalized spacial score (nSPS) is 11.3. The van der Waals surface area contributed by atoms with Crippen molar-refractivity contribution in [1.82, 2.24) is 4.98 Å². The maximum Gasteiger partial charge on any atom is 0.0551 e. The Kier molecular flexibility index (Phi) is 5.82. The molecule has 0 saturated carbocycles. The number of nitrogens with one attached hydrogen (secondary N) is 1. The minimum absolute atomic E-state index is 1.12. The van der Waals surface area contributed by atoms with E-state index in [9.17, 15) is 0 Å². The second-order valence-electron chi connectivity index (χ2n) is 10.6. The molecule has 8 aromatic rings. The summed E-state index contributed by atoms with van der Waals surface area (Å²) in [7, 11) is 0. The van der Waals surface area contributed by atoms with Gasteiger partial charge in [0.2, 0.25) is 0 Å². The van der Waals surface area contributed by atoms with Crippen molar-refractivity contribution in [2.24, 2.45) is 0 Å². The van der Waals surface area contributed by atoms with Crippen LogP contribution < -0.4 is 4.90 Å². The number of benzene rings is 7. The fourth-order valence-electron chi connectivity index (χ4n) is 6.32. The van der Waals surface area contributed by atoms with Crippen LogP contribution >= 0.6 is 0 Å². The van der Waals surface area contributed by atoms with Crippen molar-refractivity contribution in [2.45, 2.75) is 0 Å². The average molecular weight is 537 g/mol. The zero-order valence-corrected chi connectivity index (χ0v) is 23.0. The second kappa shape index (κ2) is 10.1. The summed E-state index contributed by atoms with van der Waals surface area (Å²) >= 11 is 0. The molecule has 0 atom stereocenters. The van der Waals surface area contributed by atoms with Gasteiger partial charge in [-0.15, -0.1) is 0 Å². The van der Waals surface area contributed by atoms with Crippen LogP contribution in [-0.2, 0) is 0 Å². The van der Waals surface area contributed by atoms with Gasteiger partial charge in [-0.3, -0.25) is 0 Å².